The second-order valence-corrected chi connectivity index (χ2v) is 5.80. The molecular weight excluding hydrogens is 274 g/mol. The quantitative estimate of drug-likeness (QED) is 0.845. The summed E-state index contributed by atoms with van der Waals surface area (Å²) in [7, 11) is 0. The predicted molar refractivity (Wildman–Crippen MR) is 76.7 cm³/mol. The van der Waals surface area contributed by atoms with Gasteiger partial charge in [-0.25, -0.2) is 9.78 Å². The lowest BCUT2D eigenvalue weighted by atomic mass is 9.97. The Labute approximate surface area is 123 Å². The zero-order valence-electron chi connectivity index (χ0n) is 12.8. The number of carboxylic acids is 1. The first-order valence-electron chi connectivity index (χ1n) is 6.90. The molecule has 116 valence electrons. The molecule has 1 aromatic heterocycles. The van der Waals surface area contributed by atoms with Gasteiger partial charge in [-0.3, -0.25) is 0 Å². The molecule has 1 aliphatic rings. The van der Waals surface area contributed by atoms with Crippen LogP contribution in [0.4, 0.5) is 5.95 Å². The van der Waals surface area contributed by atoms with E-state index in [1.165, 1.54) is 0 Å². The van der Waals surface area contributed by atoms with E-state index in [9.17, 15) is 4.79 Å². The molecule has 2 rings (SSSR count). The largest absolute Gasteiger partial charge is 0.480 e. The van der Waals surface area contributed by atoms with E-state index in [0.29, 0.717) is 24.9 Å². The van der Waals surface area contributed by atoms with Gasteiger partial charge >= 0.3 is 5.97 Å². The highest BCUT2D eigenvalue weighted by molar-refractivity contribution is 5.68. The number of carboxylic acid groups (broad SMARTS) is 1. The molecule has 0 radical (unpaired) electrons. The van der Waals surface area contributed by atoms with E-state index in [2.05, 4.69) is 9.97 Å². The number of nitrogens with zero attached hydrogens (tertiary/aromatic N) is 3. The summed E-state index contributed by atoms with van der Waals surface area (Å²) in [5.41, 5.74) is 0.362. The summed E-state index contributed by atoms with van der Waals surface area (Å²) in [5, 5.41) is 8.66. The van der Waals surface area contributed by atoms with Crippen molar-refractivity contribution in [2.45, 2.75) is 39.4 Å². The summed E-state index contributed by atoms with van der Waals surface area (Å²) in [6.07, 6.45) is 0.0488. The van der Waals surface area contributed by atoms with E-state index in [1.807, 2.05) is 32.6 Å². The highest BCUT2D eigenvalue weighted by Gasteiger charge is 2.41. The van der Waals surface area contributed by atoms with Crippen LogP contribution in [0.2, 0.25) is 0 Å². The minimum absolute atomic E-state index is 0.0488. The van der Waals surface area contributed by atoms with E-state index in [4.69, 9.17) is 14.6 Å². The van der Waals surface area contributed by atoms with Crippen LogP contribution < -0.4 is 9.64 Å². The van der Waals surface area contributed by atoms with Crippen molar-refractivity contribution in [3.8, 4) is 5.88 Å². The van der Waals surface area contributed by atoms with Crippen molar-refractivity contribution in [1.29, 1.82) is 0 Å². The fourth-order valence-corrected chi connectivity index (χ4v) is 2.20. The number of aromatic nitrogens is 2. The van der Waals surface area contributed by atoms with Gasteiger partial charge in [0.1, 0.15) is 12.2 Å². The smallest absolute Gasteiger partial charge is 0.329 e. The highest BCUT2D eigenvalue weighted by Crippen LogP contribution is 2.29. The van der Waals surface area contributed by atoms with Crippen LogP contribution in [0.1, 0.15) is 26.5 Å². The number of ether oxygens (including phenoxy) is 2. The second-order valence-electron chi connectivity index (χ2n) is 5.80. The third-order valence-electron chi connectivity index (χ3n) is 3.05. The monoisotopic (exact) mass is 295 g/mol. The van der Waals surface area contributed by atoms with Crippen molar-refractivity contribution in [3.63, 3.8) is 0 Å². The van der Waals surface area contributed by atoms with Gasteiger partial charge in [0.2, 0.25) is 11.8 Å². The molecule has 1 aliphatic heterocycles. The Morgan fingerprint density at radius 2 is 2.14 bits per heavy atom. The van der Waals surface area contributed by atoms with Gasteiger partial charge in [-0.1, -0.05) is 0 Å². The zero-order valence-corrected chi connectivity index (χ0v) is 12.8. The fraction of sp³-hybridized carbons (Fsp3) is 0.643. The number of hydrogen-bond donors (Lipinski definition) is 1. The van der Waals surface area contributed by atoms with E-state index in [-0.39, 0.29) is 12.7 Å². The minimum atomic E-state index is -0.964. The number of aryl methyl sites for hydroxylation is 1. The highest BCUT2D eigenvalue weighted by atomic mass is 16.5. The normalized spacial score (nSPS) is 16.7. The maximum absolute atomic E-state index is 10.5. The van der Waals surface area contributed by atoms with Gasteiger partial charge in [-0.2, -0.15) is 4.98 Å². The molecular formula is C14H21N3O4. The Bertz CT molecular complexity index is 527. The Morgan fingerprint density at radius 1 is 1.48 bits per heavy atom. The predicted octanol–water partition coefficient (Wildman–Crippen LogP) is 1.25. The Hall–Kier alpha value is -1.89. The summed E-state index contributed by atoms with van der Waals surface area (Å²) in [6, 6.07) is 1.80. The van der Waals surface area contributed by atoms with Gasteiger partial charge in [0.25, 0.3) is 0 Å². The van der Waals surface area contributed by atoms with E-state index in [0.717, 1.165) is 5.69 Å². The topological polar surface area (TPSA) is 84.8 Å². The van der Waals surface area contributed by atoms with Crippen molar-refractivity contribution >= 4 is 11.9 Å². The van der Waals surface area contributed by atoms with Crippen LogP contribution in [0, 0.1) is 6.92 Å². The third-order valence-corrected chi connectivity index (χ3v) is 3.05. The van der Waals surface area contributed by atoms with Crippen LogP contribution >= 0.6 is 0 Å². The molecule has 0 saturated carbocycles. The van der Waals surface area contributed by atoms with E-state index < -0.39 is 11.6 Å². The van der Waals surface area contributed by atoms with Crippen LogP contribution in [0.25, 0.3) is 0 Å². The third kappa shape index (κ3) is 4.04. The number of rotatable bonds is 6. The molecule has 1 aromatic rings. The lowest BCUT2D eigenvalue weighted by Gasteiger charge is -2.47. The Morgan fingerprint density at radius 3 is 2.71 bits per heavy atom. The van der Waals surface area contributed by atoms with Crippen molar-refractivity contribution in [2.75, 3.05) is 24.6 Å². The molecule has 7 heteroatoms. The van der Waals surface area contributed by atoms with Crippen LogP contribution in [0.3, 0.4) is 0 Å². The van der Waals surface area contributed by atoms with Gasteiger partial charge in [0, 0.05) is 11.8 Å². The molecule has 0 spiro atoms. The zero-order chi connectivity index (χ0) is 15.6. The van der Waals surface area contributed by atoms with Gasteiger partial charge in [0.05, 0.1) is 19.2 Å². The first-order chi connectivity index (χ1) is 9.77. The SMILES string of the molecule is Cc1cc(OC(C)C)nc(N2CC(C)(OCC(=O)O)C2)n1. The summed E-state index contributed by atoms with van der Waals surface area (Å²) in [6.45, 7) is 8.48. The lowest BCUT2D eigenvalue weighted by molar-refractivity contribution is -0.150. The van der Waals surface area contributed by atoms with Crippen molar-refractivity contribution in [3.05, 3.63) is 11.8 Å². The fourth-order valence-electron chi connectivity index (χ4n) is 2.20. The Balaban J connectivity index is 2.01. The average Bonchev–Trinajstić information content (AvgIpc) is 2.31. The van der Waals surface area contributed by atoms with Crippen LogP contribution in [0.5, 0.6) is 5.88 Å². The number of aliphatic carboxylic acids is 1. The minimum Gasteiger partial charge on any atom is -0.480 e. The van der Waals surface area contributed by atoms with E-state index in [1.54, 1.807) is 6.07 Å². The summed E-state index contributed by atoms with van der Waals surface area (Å²) >= 11 is 0. The molecule has 2 heterocycles. The van der Waals surface area contributed by atoms with Gasteiger partial charge in [-0.05, 0) is 27.7 Å². The number of hydrogen-bond acceptors (Lipinski definition) is 6. The van der Waals surface area contributed by atoms with Crippen molar-refractivity contribution in [1.82, 2.24) is 9.97 Å². The van der Waals surface area contributed by atoms with Crippen LogP contribution in [-0.4, -0.2) is 52.4 Å². The lowest BCUT2D eigenvalue weighted by Crippen LogP contribution is -2.62. The maximum atomic E-state index is 10.5. The van der Waals surface area contributed by atoms with Gasteiger partial charge in [0.15, 0.2) is 0 Å². The molecule has 0 aliphatic carbocycles. The number of carbonyl (C=O) groups is 1. The standard InChI is InChI=1S/C14H21N3O4/c1-9(2)21-11-5-10(3)15-13(16-11)17-7-14(4,8-17)20-6-12(18)19/h5,9H,6-8H2,1-4H3,(H,18,19). The molecule has 7 nitrogen and oxygen atoms in total. The first kappa shape index (κ1) is 15.5. The average molecular weight is 295 g/mol. The molecule has 0 aromatic carbocycles. The second kappa shape index (κ2) is 5.85. The molecule has 1 N–H and O–H groups in total. The van der Waals surface area contributed by atoms with Crippen LogP contribution in [0.15, 0.2) is 6.07 Å². The van der Waals surface area contributed by atoms with Crippen LogP contribution in [-0.2, 0) is 9.53 Å². The van der Waals surface area contributed by atoms with Crippen molar-refractivity contribution < 1.29 is 19.4 Å². The first-order valence-corrected chi connectivity index (χ1v) is 6.90. The summed E-state index contributed by atoms with van der Waals surface area (Å²) in [5.74, 6) is 0.170. The van der Waals surface area contributed by atoms with Gasteiger partial charge < -0.3 is 19.5 Å². The molecule has 21 heavy (non-hydrogen) atoms. The van der Waals surface area contributed by atoms with Crippen molar-refractivity contribution in [2.24, 2.45) is 0 Å². The summed E-state index contributed by atoms with van der Waals surface area (Å²) in [4.78, 5) is 21.3. The molecule has 0 unspecified atom stereocenters. The Kier molecular flexibility index (Phi) is 4.32. The van der Waals surface area contributed by atoms with Gasteiger partial charge in [-0.15, -0.1) is 0 Å². The maximum Gasteiger partial charge on any atom is 0.329 e. The molecule has 1 saturated heterocycles. The molecule has 0 amide bonds. The molecule has 0 atom stereocenters. The number of anilines is 1. The molecule has 0 bridgehead atoms. The molecule has 1 fully saturated rings. The van der Waals surface area contributed by atoms with E-state index >= 15 is 0 Å². The summed E-state index contributed by atoms with van der Waals surface area (Å²) < 4.78 is 11.0.